The van der Waals surface area contributed by atoms with Gasteiger partial charge in [0.05, 0.1) is 23.0 Å². The molecule has 2 fully saturated rings. The molecule has 2 aliphatic rings. The van der Waals surface area contributed by atoms with Crippen LogP contribution in [0.4, 0.5) is 11.5 Å². The maximum atomic E-state index is 9.88. The Morgan fingerprint density at radius 1 is 1.21 bits per heavy atom. The standard InChI is InChI=1S/C26H33N7O/c1-16-14-33(15-17(2)30-16)23-6-4-5-22(32-23)18(3)31-25-20(11-27)12-28-26-24(25)21(13-29-26)19-7-9-34-10-8-19/h4-6,12-13,16-19,30H,7-10,14-15H2,1-3H3,(H2,28,29,31)/t16-,17+,18-/m0/s1. The molecule has 8 heteroatoms. The van der Waals surface area contributed by atoms with E-state index in [4.69, 9.17) is 9.72 Å². The number of anilines is 2. The van der Waals surface area contributed by atoms with Crippen molar-refractivity contribution in [2.24, 2.45) is 0 Å². The van der Waals surface area contributed by atoms with E-state index in [0.29, 0.717) is 23.6 Å². The number of hydrogen-bond acceptors (Lipinski definition) is 7. The van der Waals surface area contributed by atoms with E-state index in [0.717, 1.165) is 67.4 Å². The van der Waals surface area contributed by atoms with Crippen molar-refractivity contribution in [1.29, 1.82) is 5.26 Å². The van der Waals surface area contributed by atoms with E-state index in [1.807, 2.05) is 0 Å². The average molecular weight is 460 g/mol. The number of nitrogens with one attached hydrogen (secondary N) is 3. The van der Waals surface area contributed by atoms with Crippen LogP contribution in [0.3, 0.4) is 0 Å². The fourth-order valence-electron chi connectivity index (χ4n) is 5.35. The largest absolute Gasteiger partial charge is 0.381 e. The van der Waals surface area contributed by atoms with Crippen LogP contribution in [0.25, 0.3) is 11.0 Å². The number of aromatic nitrogens is 3. The summed E-state index contributed by atoms with van der Waals surface area (Å²) in [6, 6.07) is 9.32. The topological polar surface area (TPSA) is 102 Å². The highest BCUT2D eigenvalue weighted by molar-refractivity contribution is 5.95. The molecule has 0 aromatic carbocycles. The number of H-pyrrole nitrogens is 1. The maximum Gasteiger partial charge on any atom is 0.139 e. The number of pyridine rings is 2. The van der Waals surface area contributed by atoms with Crippen molar-refractivity contribution in [3.8, 4) is 6.07 Å². The molecule has 3 aromatic rings. The van der Waals surface area contributed by atoms with E-state index in [1.54, 1.807) is 6.20 Å². The van der Waals surface area contributed by atoms with Crippen LogP contribution in [0.15, 0.2) is 30.6 Å². The molecule has 34 heavy (non-hydrogen) atoms. The molecule has 5 rings (SSSR count). The lowest BCUT2D eigenvalue weighted by Gasteiger charge is -2.37. The summed E-state index contributed by atoms with van der Waals surface area (Å²) in [4.78, 5) is 15.2. The zero-order valence-corrected chi connectivity index (χ0v) is 20.1. The Kier molecular flexibility index (Phi) is 6.40. The van der Waals surface area contributed by atoms with Crippen molar-refractivity contribution in [3.63, 3.8) is 0 Å². The highest BCUT2D eigenvalue weighted by Gasteiger charge is 2.25. The molecule has 3 N–H and O–H groups in total. The van der Waals surface area contributed by atoms with Gasteiger partial charge in [0.15, 0.2) is 0 Å². The Hall–Kier alpha value is -3.15. The lowest BCUT2D eigenvalue weighted by atomic mass is 9.91. The van der Waals surface area contributed by atoms with Crippen molar-refractivity contribution >= 4 is 22.5 Å². The Morgan fingerprint density at radius 2 is 1.97 bits per heavy atom. The molecule has 2 aliphatic heterocycles. The van der Waals surface area contributed by atoms with Gasteiger partial charge in [-0.3, -0.25) is 0 Å². The van der Waals surface area contributed by atoms with Crippen LogP contribution in [-0.4, -0.2) is 53.3 Å². The summed E-state index contributed by atoms with van der Waals surface area (Å²) in [5.74, 6) is 1.39. The van der Waals surface area contributed by atoms with Crippen LogP contribution in [0.2, 0.25) is 0 Å². The molecule has 2 saturated heterocycles. The molecule has 0 amide bonds. The minimum Gasteiger partial charge on any atom is -0.381 e. The summed E-state index contributed by atoms with van der Waals surface area (Å²) in [5.41, 5.74) is 4.35. The molecule has 178 valence electrons. The molecule has 3 aromatic heterocycles. The molecule has 0 unspecified atom stereocenters. The smallest absolute Gasteiger partial charge is 0.139 e. The number of nitriles is 1. The highest BCUT2D eigenvalue weighted by Crippen LogP contribution is 2.38. The first kappa shape index (κ1) is 22.6. The van der Waals surface area contributed by atoms with E-state index < -0.39 is 0 Å². The third-order valence-corrected chi connectivity index (χ3v) is 6.96. The van der Waals surface area contributed by atoms with E-state index in [1.165, 1.54) is 5.56 Å². The molecule has 0 bridgehead atoms. The summed E-state index contributed by atoms with van der Waals surface area (Å²) in [5, 5.41) is 18.1. The van der Waals surface area contributed by atoms with E-state index in [-0.39, 0.29) is 6.04 Å². The third kappa shape index (κ3) is 4.46. The fraction of sp³-hybridized carbons (Fsp3) is 0.500. The summed E-state index contributed by atoms with van der Waals surface area (Å²) >= 11 is 0. The lowest BCUT2D eigenvalue weighted by Crippen LogP contribution is -2.54. The van der Waals surface area contributed by atoms with E-state index in [2.05, 4.69) is 76.7 Å². The van der Waals surface area contributed by atoms with Crippen molar-refractivity contribution < 1.29 is 4.74 Å². The molecule has 0 saturated carbocycles. The molecular formula is C26H33N7O. The second kappa shape index (κ2) is 9.61. The second-order valence-corrected chi connectivity index (χ2v) is 9.67. The molecule has 3 atom stereocenters. The Morgan fingerprint density at radius 3 is 2.71 bits per heavy atom. The van der Waals surface area contributed by atoms with Gasteiger partial charge in [0.1, 0.15) is 17.5 Å². The molecule has 8 nitrogen and oxygen atoms in total. The van der Waals surface area contributed by atoms with Gasteiger partial charge in [-0.15, -0.1) is 0 Å². The monoisotopic (exact) mass is 459 g/mol. The van der Waals surface area contributed by atoms with Crippen LogP contribution in [-0.2, 0) is 4.74 Å². The number of piperazine rings is 1. The summed E-state index contributed by atoms with van der Waals surface area (Å²) in [6.07, 6.45) is 5.65. The van der Waals surface area contributed by atoms with Crippen LogP contribution in [0, 0.1) is 11.3 Å². The lowest BCUT2D eigenvalue weighted by molar-refractivity contribution is 0.0856. The molecule has 5 heterocycles. The first-order chi connectivity index (χ1) is 16.5. The van der Waals surface area contributed by atoms with Gasteiger partial charge in [-0.2, -0.15) is 5.26 Å². The average Bonchev–Trinajstić information content (AvgIpc) is 3.29. The number of hydrogen-bond donors (Lipinski definition) is 3. The number of aromatic amines is 1. The van der Waals surface area contributed by atoms with Crippen molar-refractivity contribution in [1.82, 2.24) is 20.3 Å². The van der Waals surface area contributed by atoms with Gasteiger partial charge in [-0.25, -0.2) is 9.97 Å². The molecular weight excluding hydrogens is 426 g/mol. The fourth-order valence-corrected chi connectivity index (χ4v) is 5.35. The van der Waals surface area contributed by atoms with Crippen LogP contribution < -0.4 is 15.5 Å². The predicted molar refractivity (Wildman–Crippen MR) is 134 cm³/mol. The van der Waals surface area contributed by atoms with Gasteiger partial charge in [-0.05, 0) is 57.2 Å². The number of ether oxygens (including phenoxy) is 1. The van der Waals surface area contributed by atoms with Crippen molar-refractivity contribution in [2.45, 2.75) is 57.7 Å². The molecule has 0 radical (unpaired) electrons. The number of nitrogens with zero attached hydrogens (tertiary/aromatic N) is 4. The summed E-state index contributed by atoms with van der Waals surface area (Å²) < 4.78 is 5.57. The quantitative estimate of drug-likeness (QED) is 0.528. The minimum absolute atomic E-state index is 0.0761. The van der Waals surface area contributed by atoms with E-state index >= 15 is 0 Å². The summed E-state index contributed by atoms with van der Waals surface area (Å²) in [7, 11) is 0. The first-order valence-corrected chi connectivity index (χ1v) is 12.3. The SMILES string of the molecule is C[C@@H]1CN(c2cccc([C@H](C)Nc3c(C#N)cnc4[nH]cc(C5CCOCC5)c34)n2)C[C@H](C)N1. The highest BCUT2D eigenvalue weighted by atomic mass is 16.5. The van der Waals surface area contributed by atoms with E-state index in [9.17, 15) is 5.26 Å². The van der Waals surface area contributed by atoms with Gasteiger partial charge in [-0.1, -0.05) is 6.07 Å². The molecule has 0 aliphatic carbocycles. The van der Waals surface area contributed by atoms with Gasteiger partial charge in [0.25, 0.3) is 0 Å². The Balaban J connectivity index is 1.46. The van der Waals surface area contributed by atoms with Gasteiger partial charge < -0.3 is 25.3 Å². The van der Waals surface area contributed by atoms with Gasteiger partial charge in [0, 0.05) is 56.2 Å². The Labute approximate surface area is 200 Å². The molecule has 0 spiro atoms. The van der Waals surface area contributed by atoms with Crippen molar-refractivity contribution in [3.05, 3.63) is 47.4 Å². The van der Waals surface area contributed by atoms with Crippen LogP contribution >= 0.6 is 0 Å². The van der Waals surface area contributed by atoms with Crippen molar-refractivity contribution in [2.75, 3.05) is 36.5 Å². The third-order valence-electron chi connectivity index (χ3n) is 6.96. The second-order valence-electron chi connectivity index (χ2n) is 9.67. The zero-order valence-electron chi connectivity index (χ0n) is 20.1. The first-order valence-electron chi connectivity index (χ1n) is 12.3. The zero-order chi connectivity index (χ0) is 23.7. The number of rotatable bonds is 5. The van der Waals surface area contributed by atoms with Crippen LogP contribution in [0.5, 0.6) is 0 Å². The maximum absolute atomic E-state index is 9.88. The van der Waals surface area contributed by atoms with Gasteiger partial charge in [0.2, 0.25) is 0 Å². The van der Waals surface area contributed by atoms with Gasteiger partial charge >= 0.3 is 0 Å². The Bertz CT molecular complexity index is 1180. The minimum atomic E-state index is -0.0761. The summed E-state index contributed by atoms with van der Waals surface area (Å²) in [6.45, 7) is 9.92. The number of fused-ring (bicyclic) bond motifs is 1. The van der Waals surface area contributed by atoms with Crippen LogP contribution in [0.1, 0.15) is 62.4 Å². The predicted octanol–water partition coefficient (Wildman–Crippen LogP) is 4.08. The normalized spacial score (nSPS) is 22.5.